The summed E-state index contributed by atoms with van der Waals surface area (Å²) in [6, 6.07) is 7.72. The molecule has 28 heavy (non-hydrogen) atoms. The first-order valence-corrected chi connectivity index (χ1v) is 10.0. The van der Waals surface area contributed by atoms with Crippen LogP contribution in [-0.2, 0) is 13.0 Å². The zero-order chi connectivity index (χ0) is 19.7. The number of carbonyl (C=O) groups is 2. The van der Waals surface area contributed by atoms with E-state index in [0.29, 0.717) is 31.9 Å². The fourth-order valence-corrected chi connectivity index (χ4v) is 3.82. The van der Waals surface area contributed by atoms with Gasteiger partial charge in [0, 0.05) is 44.1 Å². The highest BCUT2D eigenvalue weighted by Crippen LogP contribution is 2.18. The van der Waals surface area contributed by atoms with E-state index in [9.17, 15) is 9.59 Å². The fourth-order valence-electron chi connectivity index (χ4n) is 3.82. The summed E-state index contributed by atoms with van der Waals surface area (Å²) in [4.78, 5) is 28.9. The van der Waals surface area contributed by atoms with Crippen LogP contribution in [0.5, 0.6) is 0 Å². The molecule has 1 fully saturated rings. The number of benzene rings is 1. The smallest absolute Gasteiger partial charge is 0.321 e. The molecule has 0 spiro atoms. The van der Waals surface area contributed by atoms with Crippen LogP contribution in [0.2, 0.25) is 0 Å². The Kier molecular flexibility index (Phi) is 5.07. The Balaban J connectivity index is 1.33. The van der Waals surface area contributed by atoms with E-state index >= 15 is 0 Å². The Morgan fingerprint density at radius 1 is 0.929 bits per heavy atom. The molecule has 4 rings (SSSR count). The Labute approximate surface area is 165 Å². The second-order valence-corrected chi connectivity index (χ2v) is 7.71. The van der Waals surface area contributed by atoms with Gasteiger partial charge in [-0.25, -0.2) is 4.79 Å². The summed E-state index contributed by atoms with van der Waals surface area (Å²) in [7, 11) is 0. The zero-order valence-corrected chi connectivity index (χ0v) is 16.6. The van der Waals surface area contributed by atoms with E-state index in [1.165, 1.54) is 5.56 Å². The van der Waals surface area contributed by atoms with Gasteiger partial charge in [0.25, 0.3) is 5.91 Å². The van der Waals surface area contributed by atoms with E-state index in [1.54, 1.807) is 9.80 Å². The average molecular weight is 381 g/mol. The molecule has 0 aliphatic carbocycles. The number of aromatic nitrogens is 2. The number of piperazine rings is 1. The number of urea groups is 1. The van der Waals surface area contributed by atoms with Gasteiger partial charge in [-0.1, -0.05) is 6.07 Å². The molecule has 0 saturated carbocycles. The predicted octanol–water partition coefficient (Wildman–Crippen LogP) is 2.83. The monoisotopic (exact) mass is 381 g/mol. The summed E-state index contributed by atoms with van der Waals surface area (Å²) in [5.41, 5.74) is 4.84. The van der Waals surface area contributed by atoms with E-state index in [2.05, 4.69) is 10.4 Å². The second kappa shape index (κ2) is 7.66. The number of aryl methyl sites for hydroxylation is 4. The van der Waals surface area contributed by atoms with Crippen molar-refractivity contribution in [2.45, 2.75) is 39.7 Å². The molecule has 0 bridgehead atoms. The van der Waals surface area contributed by atoms with Gasteiger partial charge < -0.3 is 15.1 Å². The average Bonchev–Trinajstić information content (AvgIpc) is 3.14. The summed E-state index contributed by atoms with van der Waals surface area (Å²) in [5, 5.41) is 7.44. The van der Waals surface area contributed by atoms with Crippen molar-refractivity contribution in [1.82, 2.24) is 19.6 Å². The number of hydrogen-bond acceptors (Lipinski definition) is 3. The molecule has 3 amide bonds. The number of hydrogen-bond donors (Lipinski definition) is 1. The van der Waals surface area contributed by atoms with Crippen LogP contribution in [0.3, 0.4) is 0 Å². The summed E-state index contributed by atoms with van der Waals surface area (Å²) in [5.74, 6) is -0.0314. The van der Waals surface area contributed by atoms with Crippen molar-refractivity contribution < 1.29 is 9.59 Å². The van der Waals surface area contributed by atoms with Crippen molar-refractivity contribution in [3.05, 3.63) is 46.8 Å². The van der Waals surface area contributed by atoms with Gasteiger partial charge in [-0.15, -0.1) is 0 Å². The lowest BCUT2D eigenvalue weighted by molar-refractivity contribution is 0.0665. The normalized spacial score (nSPS) is 16.6. The summed E-state index contributed by atoms with van der Waals surface area (Å²) in [6.07, 6.45) is 3.27. The van der Waals surface area contributed by atoms with Gasteiger partial charge in [-0.2, -0.15) is 5.10 Å². The number of nitrogens with one attached hydrogen (secondary N) is 1. The molecule has 1 aromatic carbocycles. The van der Waals surface area contributed by atoms with Crippen LogP contribution in [0.25, 0.3) is 0 Å². The molecule has 3 heterocycles. The standard InChI is InChI=1S/C21H27N5O2/c1-15-6-7-17(13-16(15)2)22-21(28)25-11-9-24(10-12-25)20(27)19-14-18-5-3-4-8-26(18)23-19/h6-7,13-14H,3-5,8-12H2,1-2H3,(H,22,28). The van der Waals surface area contributed by atoms with Crippen molar-refractivity contribution in [2.24, 2.45) is 0 Å². The number of anilines is 1. The molecule has 2 aliphatic heterocycles. The Morgan fingerprint density at radius 2 is 1.68 bits per heavy atom. The van der Waals surface area contributed by atoms with Crippen molar-refractivity contribution in [3.8, 4) is 0 Å². The first kappa shape index (κ1) is 18.5. The molecule has 7 heteroatoms. The summed E-state index contributed by atoms with van der Waals surface area (Å²) in [6.45, 7) is 7.08. The third-order valence-electron chi connectivity index (χ3n) is 5.75. The van der Waals surface area contributed by atoms with Gasteiger partial charge >= 0.3 is 6.03 Å². The minimum absolute atomic E-state index is 0.0314. The summed E-state index contributed by atoms with van der Waals surface area (Å²) >= 11 is 0. The highest BCUT2D eigenvalue weighted by molar-refractivity contribution is 5.93. The quantitative estimate of drug-likeness (QED) is 0.870. The molecule has 2 aliphatic rings. The predicted molar refractivity (Wildman–Crippen MR) is 108 cm³/mol. The van der Waals surface area contributed by atoms with Gasteiger partial charge in [0.2, 0.25) is 0 Å². The van der Waals surface area contributed by atoms with Gasteiger partial charge in [-0.3, -0.25) is 9.48 Å². The maximum atomic E-state index is 12.8. The third kappa shape index (κ3) is 3.74. The van der Waals surface area contributed by atoms with E-state index in [0.717, 1.165) is 42.8 Å². The maximum absolute atomic E-state index is 12.8. The highest BCUT2D eigenvalue weighted by atomic mass is 16.2. The van der Waals surface area contributed by atoms with Crippen molar-refractivity contribution in [3.63, 3.8) is 0 Å². The lowest BCUT2D eigenvalue weighted by Crippen LogP contribution is -2.51. The van der Waals surface area contributed by atoms with E-state index in [-0.39, 0.29) is 11.9 Å². The number of amides is 3. The number of carbonyl (C=O) groups excluding carboxylic acids is 2. The molecule has 0 atom stereocenters. The van der Waals surface area contributed by atoms with Crippen LogP contribution in [0.15, 0.2) is 24.3 Å². The molecule has 0 radical (unpaired) electrons. The fraction of sp³-hybridized carbons (Fsp3) is 0.476. The van der Waals surface area contributed by atoms with Crippen molar-refractivity contribution in [2.75, 3.05) is 31.5 Å². The number of rotatable bonds is 2. The SMILES string of the molecule is Cc1ccc(NC(=O)N2CCN(C(=O)c3cc4n(n3)CCCC4)CC2)cc1C. The van der Waals surface area contributed by atoms with Crippen LogP contribution in [0.4, 0.5) is 10.5 Å². The molecule has 1 aromatic heterocycles. The third-order valence-corrected chi connectivity index (χ3v) is 5.75. The first-order valence-electron chi connectivity index (χ1n) is 10.0. The van der Waals surface area contributed by atoms with Crippen LogP contribution >= 0.6 is 0 Å². The molecule has 0 unspecified atom stereocenters. The number of fused-ring (bicyclic) bond motifs is 1. The van der Waals surface area contributed by atoms with Gasteiger partial charge in [-0.05, 0) is 62.4 Å². The van der Waals surface area contributed by atoms with Crippen LogP contribution < -0.4 is 5.32 Å². The molecular weight excluding hydrogens is 354 g/mol. The van der Waals surface area contributed by atoms with Gasteiger partial charge in [0.05, 0.1) is 0 Å². The minimum Gasteiger partial charge on any atom is -0.334 e. The Bertz CT molecular complexity index is 873. The minimum atomic E-state index is -0.118. The Hall–Kier alpha value is -2.83. The lowest BCUT2D eigenvalue weighted by Gasteiger charge is -2.34. The van der Waals surface area contributed by atoms with Gasteiger partial charge in [0.15, 0.2) is 5.69 Å². The second-order valence-electron chi connectivity index (χ2n) is 7.71. The van der Waals surface area contributed by atoms with E-state index in [4.69, 9.17) is 0 Å². The zero-order valence-electron chi connectivity index (χ0n) is 16.6. The summed E-state index contributed by atoms with van der Waals surface area (Å²) < 4.78 is 1.96. The molecular formula is C21H27N5O2. The van der Waals surface area contributed by atoms with Crippen molar-refractivity contribution >= 4 is 17.6 Å². The molecule has 1 saturated heterocycles. The topological polar surface area (TPSA) is 70.5 Å². The van der Waals surface area contributed by atoms with E-state index < -0.39 is 0 Å². The van der Waals surface area contributed by atoms with Crippen LogP contribution in [-0.4, -0.2) is 57.7 Å². The molecule has 7 nitrogen and oxygen atoms in total. The van der Waals surface area contributed by atoms with E-state index in [1.807, 2.05) is 42.8 Å². The van der Waals surface area contributed by atoms with Crippen LogP contribution in [0, 0.1) is 13.8 Å². The van der Waals surface area contributed by atoms with Crippen LogP contribution in [0.1, 0.15) is 40.2 Å². The molecule has 148 valence electrons. The Morgan fingerprint density at radius 3 is 2.39 bits per heavy atom. The van der Waals surface area contributed by atoms with Crippen molar-refractivity contribution in [1.29, 1.82) is 0 Å². The number of nitrogens with zero attached hydrogens (tertiary/aromatic N) is 4. The molecule has 2 aromatic rings. The highest BCUT2D eigenvalue weighted by Gasteiger charge is 2.27. The first-order chi connectivity index (χ1) is 13.5. The van der Waals surface area contributed by atoms with Gasteiger partial charge in [0.1, 0.15) is 0 Å². The lowest BCUT2D eigenvalue weighted by atomic mass is 10.1. The maximum Gasteiger partial charge on any atom is 0.321 e. The molecule has 1 N–H and O–H groups in total. The largest absolute Gasteiger partial charge is 0.334 e.